The molecule has 5 aromatic rings. The van der Waals surface area contributed by atoms with E-state index in [-0.39, 0.29) is 11.5 Å². The summed E-state index contributed by atoms with van der Waals surface area (Å²) in [7, 11) is 0. The number of nitrogens with zero attached hydrogens (tertiary/aromatic N) is 1. The molecule has 2 heterocycles. The summed E-state index contributed by atoms with van der Waals surface area (Å²) >= 11 is 7.66. The number of fused-ring (bicyclic) bond motifs is 1. The van der Waals surface area contributed by atoms with Gasteiger partial charge in [-0.1, -0.05) is 54.1 Å². The van der Waals surface area contributed by atoms with Gasteiger partial charge < -0.3 is 4.98 Å². The van der Waals surface area contributed by atoms with Gasteiger partial charge in [-0.3, -0.25) is 4.79 Å². The van der Waals surface area contributed by atoms with Crippen LogP contribution in [0.1, 0.15) is 38.7 Å². The number of H-pyrrole nitrogens is 1. The lowest BCUT2D eigenvalue weighted by Crippen LogP contribution is -2.07. The first-order valence-corrected chi connectivity index (χ1v) is 12.2. The van der Waals surface area contributed by atoms with Crippen LogP contribution in [0.2, 0.25) is 5.02 Å². The summed E-state index contributed by atoms with van der Waals surface area (Å²) in [4.78, 5) is 19.7. The minimum atomic E-state index is -4.39. The van der Waals surface area contributed by atoms with Gasteiger partial charge >= 0.3 is 6.18 Å². The lowest BCUT2D eigenvalue weighted by Gasteiger charge is -2.17. The summed E-state index contributed by atoms with van der Waals surface area (Å²) < 4.78 is 38.6. The van der Waals surface area contributed by atoms with E-state index < -0.39 is 11.7 Å². The van der Waals surface area contributed by atoms with Crippen LogP contribution in [0.3, 0.4) is 0 Å². The summed E-state index contributed by atoms with van der Waals surface area (Å²) in [6.45, 7) is 0. The van der Waals surface area contributed by atoms with E-state index in [1.165, 1.54) is 18.2 Å². The highest BCUT2D eigenvalue weighted by molar-refractivity contribution is 7.09. The minimum absolute atomic E-state index is 0.134. The molecular formula is C28H18ClF3N2OS. The van der Waals surface area contributed by atoms with E-state index in [9.17, 15) is 18.0 Å². The molecule has 180 valence electrons. The number of nitrogens with one attached hydrogen (secondary N) is 1. The Kier molecular flexibility index (Phi) is 6.51. The number of hydrogen-bond donors (Lipinski definition) is 1. The Labute approximate surface area is 213 Å². The smallest absolute Gasteiger partial charge is 0.322 e. The third-order valence-corrected chi connectivity index (χ3v) is 6.92. The van der Waals surface area contributed by atoms with Gasteiger partial charge in [-0.25, -0.2) is 4.98 Å². The van der Waals surface area contributed by atoms with Crippen molar-refractivity contribution in [1.82, 2.24) is 9.97 Å². The highest BCUT2D eigenvalue weighted by Gasteiger charge is 2.29. The predicted molar refractivity (Wildman–Crippen MR) is 139 cm³/mol. The molecule has 3 aromatic carbocycles. The third kappa shape index (κ3) is 5.12. The van der Waals surface area contributed by atoms with E-state index in [2.05, 4.69) is 9.97 Å². The summed E-state index contributed by atoms with van der Waals surface area (Å²) in [6.07, 6.45) is 0.808. The molecule has 5 rings (SSSR count). The molecule has 0 amide bonds. The zero-order valence-electron chi connectivity index (χ0n) is 18.6. The Balaban J connectivity index is 1.58. The molecule has 0 saturated carbocycles. The zero-order chi connectivity index (χ0) is 25.3. The van der Waals surface area contributed by atoms with Crippen LogP contribution in [0, 0.1) is 0 Å². The number of aromatic nitrogens is 2. The van der Waals surface area contributed by atoms with Gasteiger partial charge in [0.25, 0.3) is 0 Å². The van der Waals surface area contributed by atoms with Gasteiger partial charge in [0.05, 0.1) is 11.5 Å². The van der Waals surface area contributed by atoms with Gasteiger partial charge in [-0.2, -0.15) is 13.2 Å². The Hall–Kier alpha value is -3.68. The molecule has 0 spiro atoms. The summed E-state index contributed by atoms with van der Waals surface area (Å²) in [6, 6.07) is 19.8. The van der Waals surface area contributed by atoms with Crippen LogP contribution in [-0.4, -0.2) is 9.97 Å². The topological polar surface area (TPSA) is 45.8 Å². The number of halogens is 4. The van der Waals surface area contributed by atoms with Crippen molar-refractivity contribution in [1.29, 1.82) is 0 Å². The van der Waals surface area contributed by atoms with E-state index in [0.717, 1.165) is 33.7 Å². The molecule has 1 N–H and O–H groups in total. The highest BCUT2D eigenvalue weighted by atomic mass is 35.5. The van der Waals surface area contributed by atoms with Crippen molar-refractivity contribution < 1.29 is 13.2 Å². The molecule has 0 fully saturated rings. The Morgan fingerprint density at radius 2 is 1.64 bits per heavy atom. The molecule has 36 heavy (non-hydrogen) atoms. The van der Waals surface area contributed by atoms with Crippen molar-refractivity contribution in [3.05, 3.63) is 133 Å². The summed E-state index contributed by atoms with van der Waals surface area (Å²) in [5.74, 6) is -0.134. The maximum absolute atomic E-state index is 12.9. The molecule has 0 bridgehead atoms. The molecule has 1 unspecified atom stereocenters. The maximum Gasteiger partial charge on any atom is 0.416 e. The van der Waals surface area contributed by atoms with Crippen molar-refractivity contribution in [3.63, 3.8) is 0 Å². The zero-order valence-corrected chi connectivity index (χ0v) is 20.2. The van der Waals surface area contributed by atoms with Crippen LogP contribution in [-0.2, 0) is 6.18 Å². The molecule has 0 aliphatic rings. The number of alkyl halides is 3. The van der Waals surface area contributed by atoms with E-state index in [0.29, 0.717) is 21.7 Å². The van der Waals surface area contributed by atoms with Gasteiger partial charge in [0.1, 0.15) is 5.01 Å². The van der Waals surface area contributed by atoms with Gasteiger partial charge in [0, 0.05) is 33.6 Å². The fourth-order valence-electron chi connectivity index (χ4n) is 4.09. The van der Waals surface area contributed by atoms with E-state index in [1.807, 2.05) is 47.8 Å². The van der Waals surface area contributed by atoms with Crippen LogP contribution in [0.4, 0.5) is 13.2 Å². The molecule has 0 aliphatic carbocycles. The van der Waals surface area contributed by atoms with Crippen LogP contribution in [0.5, 0.6) is 0 Å². The second-order valence-electron chi connectivity index (χ2n) is 8.20. The van der Waals surface area contributed by atoms with Crippen molar-refractivity contribution in [2.75, 3.05) is 0 Å². The lowest BCUT2D eigenvalue weighted by molar-refractivity contribution is -0.137. The molecule has 0 radical (unpaired) electrons. The molecule has 2 aromatic heterocycles. The Morgan fingerprint density at radius 1 is 0.917 bits per heavy atom. The molecule has 1 atom stereocenters. The first-order chi connectivity index (χ1) is 17.3. The van der Waals surface area contributed by atoms with E-state index >= 15 is 0 Å². The largest absolute Gasteiger partial charge is 0.416 e. The highest BCUT2D eigenvalue weighted by Crippen LogP contribution is 2.35. The normalized spacial score (nSPS) is 12.9. The standard InChI is InChI=1S/C28H18ClF3N2OS/c29-22-10-5-18(6-11-22)26(27-33-13-14-36-27)20-7-12-24-23(15-20)19(16-25(35)34-24)4-1-17-2-8-21(9-3-17)28(30,31)32/h1-16,26H,(H,34,35). The van der Waals surface area contributed by atoms with Crippen molar-refractivity contribution in [2.24, 2.45) is 0 Å². The lowest BCUT2D eigenvalue weighted by atomic mass is 9.90. The number of rotatable bonds is 5. The molecule has 3 nitrogen and oxygen atoms in total. The van der Waals surface area contributed by atoms with Crippen molar-refractivity contribution in [3.8, 4) is 0 Å². The van der Waals surface area contributed by atoms with Crippen LogP contribution < -0.4 is 5.56 Å². The van der Waals surface area contributed by atoms with Gasteiger partial charge in [0.15, 0.2) is 0 Å². The third-order valence-electron chi connectivity index (χ3n) is 5.83. The van der Waals surface area contributed by atoms with Crippen LogP contribution in [0.15, 0.2) is 89.2 Å². The summed E-state index contributed by atoms with van der Waals surface area (Å²) in [5, 5.41) is 4.30. The predicted octanol–water partition coefficient (Wildman–Crippen LogP) is 8.01. The van der Waals surface area contributed by atoms with E-state index in [4.69, 9.17) is 11.6 Å². The van der Waals surface area contributed by atoms with Gasteiger partial charge in [-0.05, 0) is 58.7 Å². The monoisotopic (exact) mass is 522 g/mol. The average Bonchev–Trinajstić information content (AvgIpc) is 3.38. The van der Waals surface area contributed by atoms with Crippen LogP contribution in [0.25, 0.3) is 23.1 Å². The fraction of sp³-hybridized carbons (Fsp3) is 0.0714. The minimum Gasteiger partial charge on any atom is -0.322 e. The summed E-state index contributed by atoms with van der Waals surface area (Å²) in [5.41, 5.74) is 2.94. The van der Waals surface area contributed by atoms with Gasteiger partial charge in [0.2, 0.25) is 5.56 Å². The Bertz CT molecular complexity index is 1590. The Morgan fingerprint density at radius 3 is 2.31 bits per heavy atom. The molecule has 0 aliphatic heterocycles. The number of hydrogen-bond acceptors (Lipinski definition) is 3. The van der Waals surface area contributed by atoms with Gasteiger partial charge in [-0.15, -0.1) is 11.3 Å². The fourth-order valence-corrected chi connectivity index (χ4v) is 5.01. The second kappa shape index (κ2) is 9.76. The quantitative estimate of drug-likeness (QED) is 0.254. The number of pyridine rings is 1. The second-order valence-corrected chi connectivity index (χ2v) is 9.56. The van der Waals surface area contributed by atoms with E-state index in [1.54, 1.807) is 29.7 Å². The first kappa shape index (κ1) is 24.0. The number of aromatic amines is 1. The molecule has 0 saturated heterocycles. The van der Waals surface area contributed by atoms with Crippen LogP contribution >= 0.6 is 22.9 Å². The molecule has 8 heteroatoms. The SMILES string of the molecule is O=c1cc(C=Cc2ccc(C(F)(F)F)cc2)c2cc(C(c3ccc(Cl)cc3)c3nccs3)ccc2[nH]1. The number of thiazole rings is 1. The molecular weight excluding hydrogens is 505 g/mol. The average molecular weight is 523 g/mol. The van der Waals surface area contributed by atoms with Crippen molar-refractivity contribution >= 4 is 46.0 Å². The maximum atomic E-state index is 12.9. The first-order valence-electron chi connectivity index (χ1n) is 10.9. The van der Waals surface area contributed by atoms with Crippen molar-refractivity contribution in [2.45, 2.75) is 12.1 Å². The number of benzene rings is 3.